The largest absolute Gasteiger partial charge is 0.480 e. The van der Waals surface area contributed by atoms with Crippen LogP contribution in [0.25, 0.3) is 16.8 Å². The Kier molecular flexibility index (Phi) is 16.7. The molecule has 1 saturated carbocycles. The highest BCUT2D eigenvalue weighted by molar-refractivity contribution is 6.02. The van der Waals surface area contributed by atoms with Crippen molar-refractivity contribution in [3.05, 3.63) is 53.7 Å². The molecular formula is C41H59N5O9. The van der Waals surface area contributed by atoms with Gasteiger partial charge in [-0.3, -0.25) is 14.4 Å². The van der Waals surface area contributed by atoms with Crippen molar-refractivity contribution in [3.63, 3.8) is 0 Å². The maximum Gasteiger partial charge on any atom is 0.329 e. The Bertz CT molecular complexity index is 1690. The summed E-state index contributed by atoms with van der Waals surface area (Å²) in [5, 5.41) is 22.4. The summed E-state index contributed by atoms with van der Waals surface area (Å²) in [6, 6.07) is 10.1. The molecule has 2 aromatic rings. The lowest BCUT2D eigenvalue weighted by molar-refractivity contribution is -0.158. The Morgan fingerprint density at radius 1 is 0.836 bits per heavy atom. The number of aliphatic carboxylic acids is 1. The molecule has 3 rings (SSSR count). The summed E-state index contributed by atoms with van der Waals surface area (Å²) in [7, 11) is 0. The fourth-order valence-corrected chi connectivity index (χ4v) is 6.18. The maximum absolute atomic E-state index is 13.4. The lowest BCUT2D eigenvalue weighted by atomic mass is 9.81. The van der Waals surface area contributed by atoms with Crippen LogP contribution in [0, 0.1) is 11.8 Å². The van der Waals surface area contributed by atoms with E-state index in [-0.39, 0.29) is 43.3 Å². The van der Waals surface area contributed by atoms with Crippen LogP contribution in [0.2, 0.25) is 0 Å². The van der Waals surface area contributed by atoms with Gasteiger partial charge in [-0.2, -0.15) is 0 Å². The van der Waals surface area contributed by atoms with Gasteiger partial charge in [0.1, 0.15) is 29.0 Å². The number of esters is 2. The van der Waals surface area contributed by atoms with Crippen LogP contribution >= 0.6 is 0 Å². The predicted octanol–water partition coefficient (Wildman–Crippen LogP) is 4.93. The average molecular weight is 766 g/mol. The number of amides is 4. The van der Waals surface area contributed by atoms with E-state index in [1.165, 1.54) is 0 Å². The molecule has 0 aliphatic heterocycles. The minimum Gasteiger partial charge on any atom is -0.480 e. The molecule has 4 amide bonds. The molecule has 1 aliphatic carbocycles. The molecule has 302 valence electrons. The molecule has 0 aromatic heterocycles. The Balaban J connectivity index is 1.59. The number of nitrogens with one attached hydrogen (secondary N) is 4. The average Bonchev–Trinajstić information content (AvgIpc) is 3.10. The first kappa shape index (κ1) is 44.4. The summed E-state index contributed by atoms with van der Waals surface area (Å²) in [6.45, 7) is 10.9. The van der Waals surface area contributed by atoms with Crippen LogP contribution in [-0.4, -0.2) is 77.2 Å². The first-order chi connectivity index (χ1) is 25.8. The second-order valence-electron chi connectivity index (χ2n) is 16.1. The molecule has 1 unspecified atom stereocenters. The molecular weight excluding hydrogens is 706 g/mol. The molecule has 0 bridgehead atoms. The van der Waals surface area contributed by atoms with Gasteiger partial charge in [0.25, 0.3) is 5.91 Å². The van der Waals surface area contributed by atoms with Gasteiger partial charge in [0, 0.05) is 18.9 Å². The van der Waals surface area contributed by atoms with Crippen molar-refractivity contribution >= 4 is 52.6 Å². The molecule has 2 aromatic carbocycles. The van der Waals surface area contributed by atoms with Crippen molar-refractivity contribution in [2.75, 3.05) is 13.1 Å². The molecule has 1 fully saturated rings. The van der Waals surface area contributed by atoms with E-state index in [4.69, 9.17) is 15.2 Å². The zero-order valence-electron chi connectivity index (χ0n) is 33.0. The number of carboxylic acid groups (broad SMARTS) is 1. The molecule has 7 N–H and O–H groups in total. The number of ether oxygens (including phenoxy) is 2. The van der Waals surface area contributed by atoms with Gasteiger partial charge < -0.3 is 41.6 Å². The van der Waals surface area contributed by atoms with Crippen LogP contribution in [0.4, 0.5) is 4.79 Å². The first-order valence-electron chi connectivity index (χ1n) is 19.1. The number of rotatable bonds is 17. The van der Waals surface area contributed by atoms with Gasteiger partial charge in [-0.05, 0) is 134 Å². The molecule has 0 spiro atoms. The van der Waals surface area contributed by atoms with E-state index in [0.29, 0.717) is 38.1 Å². The Morgan fingerprint density at radius 3 is 2.09 bits per heavy atom. The molecule has 2 atom stereocenters. The third-order valence-electron chi connectivity index (χ3n) is 9.00. The van der Waals surface area contributed by atoms with Crippen LogP contribution < -0.4 is 27.0 Å². The van der Waals surface area contributed by atoms with E-state index in [0.717, 1.165) is 29.2 Å². The summed E-state index contributed by atoms with van der Waals surface area (Å²) < 4.78 is 10.7. The van der Waals surface area contributed by atoms with Crippen LogP contribution in [-0.2, 0) is 33.4 Å². The Hall–Kier alpha value is -4.98. The molecule has 1 aliphatic rings. The zero-order chi connectivity index (χ0) is 40.8. The Morgan fingerprint density at radius 2 is 1.47 bits per heavy atom. The minimum atomic E-state index is -1.31. The quantitative estimate of drug-likeness (QED) is 0.0725. The van der Waals surface area contributed by atoms with Gasteiger partial charge in [0.05, 0.1) is 0 Å². The third kappa shape index (κ3) is 16.1. The number of carbonyl (C=O) groups excluding carboxylic acids is 5. The fourth-order valence-electron chi connectivity index (χ4n) is 6.18. The molecule has 0 radical (unpaired) electrons. The number of carbonyl (C=O) groups is 6. The number of hydrogen-bond donors (Lipinski definition) is 6. The SMILES string of the molecule is CC(C)(C)OC(=O)CC[C@H](NC(=O)NC(CCCCNC(=O)/C(=C\c1ccc2ccccc2c1)NC(=O)C1CCC(CN)CC1)C(=O)O)C(=O)OC(C)(C)C. The molecule has 0 heterocycles. The van der Waals surface area contributed by atoms with Crippen molar-refractivity contribution in [1.82, 2.24) is 21.3 Å². The number of hydrogen-bond acceptors (Lipinski definition) is 9. The zero-order valence-corrected chi connectivity index (χ0v) is 33.0. The Labute approximate surface area is 323 Å². The molecule has 14 nitrogen and oxygen atoms in total. The molecule has 0 saturated heterocycles. The van der Waals surface area contributed by atoms with Crippen molar-refractivity contribution in [2.24, 2.45) is 17.6 Å². The van der Waals surface area contributed by atoms with Gasteiger partial charge in [0.15, 0.2) is 0 Å². The van der Waals surface area contributed by atoms with Crippen molar-refractivity contribution in [2.45, 2.75) is 123 Å². The third-order valence-corrected chi connectivity index (χ3v) is 9.00. The topological polar surface area (TPSA) is 215 Å². The van der Waals surface area contributed by atoms with E-state index in [2.05, 4.69) is 21.3 Å². The van der Waals surface area contributed by atoms with Crippen molar-refractivity contribution in [3.8, 4) is 0 Å². The summed E-state index contributed by atoms with van der Waals surface area (Å²) >= 11 is 0. The fraction of sp³-hybridized carbons (Fsp3) is 0.561. The van der Waals surface area contributed by atoms with Crippen molar-refractivity contribution in [1.29, 1.82) is 0 Å². The van der Waals surface area contributed by atoms with Gasteiger partial charge in [-0.1, -0.05) is 36.4 Å². The number of unbranched alkanes of at least 4 members (excludes halogenated alkanes) is 1. The normalized spacial score (nSPS) is 17.3. The van der Waals surface area contributed by atoms with E-state index < -0.39 is 53.1 Å². The van der Waals surface area contributed by atoms with Gasteiger partial charge >= 0.3 is 23.9 Å². The van der Waals surface area contributed by atoms with Crippen LogP contribution in [0.15, 0.2) is 48.2 Å². The predicted molar refractivity (Wildman–Crippen MR) is 209 cm³/mol. The molecule has 55 heavy (non-hydrogen) atoms. The summed E-state index contributed by atoms with van der Waals surface area (Å²) in [4.78, 5) is 76.9. The summed E-state index contributed by atoms with van der Waals surface area (Å²) in [5.41, 5.74) is 5.06. The van der Waals surface area contributed by atoms with Crippen LogP contribution in [0.5, 0.6) is 0 Å². The highest BCUT2D eigenvalue weighted by Gasteiger charge is 2.30. The van der Waals surface area contributed by atoms with Gasteiger partial charge in [-0.25, -0.2) is 14.4 Å². The summed E-state index contributed by atoms with van der Waals surface area (Å²) in [6.07, 6.45) is 5.15. The van der Waals surface area contributed by atoms with Gasteiger partial charge in [-0.15, -0.1) is 0 Å². The number of urea groups is 1. The summed E-state index contributed by atoms with van der Waals surface area (Å²) in [5.74, 6) is -3.16. The van der Waals surface area contributed by atoms with E-state index in [1.54, 1.807) is 47.6 Å². The number of fused-ring (bicyclic) bond motifs is 1. The standard InChI is InChI=1S/C41H59N5O9/c1-40(2,3)54-34(47)21-20-32(38(52)55-41(4,5)6)46-39(53)45-31(37(50)51)13-9-10-22-43-36(49)33(44-35(48)29-18-14-26(25-42)15-19-29)24-27-16-17-28-11-7-8-12-30(28)23-27/h7-8,11-12,16-17,23-24,26,29,31-32H,9-10,13-15,18-22,25,42H2,1-6H3,(H,43,49)(H,44,48)(H,50,51)(H2,45,46,53)/b33-24+/t26?,29?,31?,32-/m0/s1. The second-order valence-corrected chi connectivity index (χ2v) is 16.1. The van der Waals surface area contributed by atoms with Gasteiger partial charge in [0.2, 0.25) is 5.91 Å². The minimum absolute atomic E-state index is 0.0234. The van der Waals surface area contributed by atoms with E-state index >= 15 is 0 Å². The monoisotopic (exact) mass is 765 g/mol. The number of carboxylic acids is 1. The highest BCUT2D eigenvalue weighted by atomic mass is 16.6. The molecule has 14 heteroatoms. The number of nitrogens with two attached hydrogens (primary N) is 1. The lowest BCUT2D eigenvalue weighted by Gasteiger charge is -2.27. The second kappa shape index (κ2) is 20.6. The lowest BCUT2D eigenvalue weighted by Crippen LogP contribution is -2.52. The van der Waals surface area contributed by atoms with E-state index in [1.807, 2.05) is 42.5 Å². The smallest absolute Gasteiger partial charge is 0.329 e. The highest BCUT2D eigenvalue weighted by Crippen LogP contribution is 2.28. The van der Waals surface area contributed by atoms with Crippen LogP contribution in [0.3, 0.4) is 0 Å². The number of benzene rings is 2. The van der Waals surface area contributed by atoms with E-state index in [9.17, 15) is 33.9 Å². The van der Waals surface area contributed by atoms with Crippen molar-refractivity contribution < 1.29 is 43.3 Å². The van der Waals surface area contributed by atoms with Crippen LogP contribution in [0.1, 0.15) is 105 Å². The first-order valence-corrected chi connectivity index (χ1v) is 19.1. The maximum atomic E-state index is 13.4.